The molecule has 0 amide bonds. The van der Waals surface area contributed by atoms with Crippen molar-refractivity contribution in [3.63, 3.8) is 0 Å². The largest absolute Gasteiger partial charge is 0.507 e. The standard InChI is InChI=1S/C10H8O5/c1-14-9-7-5(11)3-2-4-6(7)15-10(13)8(9)12/h2-4,11-12H,1H3. The maximum atomic E-state index is 11.1. The van der Waals surface area contributed by atoms with Gasteiger partial charge in [-0.2, -0.15) is 0 Å². The highest BCUT2D eigenvalue weighted by Gasteiger charge is 2.16. The van der Waals surface area contributed by atoms with E-state index in [2.05, 4.69) is 0 Å². The second-order valence-corrected chi connectivity index (χ2v) is 2.92. The number of hydrogen-bond acceptors (Lipinski definition) is 5. The van der Waals surface area contributed by atoms with Gasteiger partial charge in [0.1, 0.15) is 16.7 Å². The van der Waals surface area contributed by atoms with Crippen LogP contribution in [0.4, 0.5) is 0 Å². The van der Waals surface area contributed by atoms with Crippen LogP contribution in [0.25, 0.3) is 11.0 Å². The van der Waals surface area contributed by atoms with E-state index in [1.807, 2.05) is 0 Å². The molecule has 5 nitrogen and oxygen atoms in total. The van der Waals surface area contributed by atoms with Crippen LogP contribution >= 0.6 is 0 Å². The van der Waals surface area contributed by atoms with Crippen molar-refractivity contribution in [1.29, 1.82) is 0 Å². The molecule has 15 heavy (non-hydrogen) atoms. The molecule has 0 radical (unpaired) electrons. The minimum absolute atomic E-state index is 0.0839. The third-order valence-electron chi connectivity index (χ3n) is 2.05. The highest BCUT2D eigenvalue weighted by Crippen LogP contribution is 2.36. The second-order valence-electron chi connectivity index (χ2n) is 2.92. The van der Waals surface area contributed by atoms with Crippen molar-refractivity contribution in [1.82, 2.24) is 0 Å². The van der Waals surface area contributed by atoms with Crippen LogP contribution in [-0.2, 0) is 0 Å². The van der Waals surface area contributed by atoms with Crippen molar-refractivity contribution in [2.45, 2.75) is 0 Å². The summed E-state index contributed by atoms with van der Waals surface area (Å²) in [4.78, 5) is 11.1. The van der Waals surface area contributed by atoms with Crippen molar-refractivity contribution >= 4 is 11.0 Å². The van der Waals surface area contributed by atoms with Crippen LogP contribution in [0.1, 0.15) is 0 Å². The monoisotopic (exact) mass is 208 g/mol. The number of phenols is 1. The van der Waals surface area contributed by atoms with Gasteiger partial charge in [0.15, 0.2) is 5.75 Å². The first-order valence-electron chi connectivity index (χ1n) is 4.17. The van der Waals surface area contributed by atoms with Crippen LogP contribution < -0.4 is 10.4 Å². The predicted octanol–water partition coefficient (Wildman–Crippen LogP) is 1.21. The first kappa shape index (κ1) is 9.39. The number of aromatic hydroxyl groups is 2. The molecule has 0 aliphatic carbocycles. The summed E-state index contributed by atoms with van der Waals surface area (Å²) in [5.41, 5.74) is -0.736. The maximum Gasteiger partial charge on any atom is 0.382 e. The average molecular weight is 208 g/mol. The Labute approximate surface area is 84.1 Å². The highest BCUT2D eigenvalue weighted by atomic mass is 16.5. The molecule has 0 saturated heterocycles. The van der Waals surface area contributed by atoms with E-state index in [4.69, 9.17) is 9.15 Å². The highest BCUT2D eigenvalue weighted by molar-refractivity contribution is 5.91. The minimum Gasteiger partial charge on any atom is -0.507 e. The zero-order chi connectivity index (χ0) is 11.0. The van der Waals surface area contributed by atoms with Gasteiger partial charge in [0.05, 0.1) is 7.11 Å². The first-order valence-corrected chi connectivity index (χ1v) is 4.17. The summed E-state index contributed by atoms with van der Waals surface area (Å²) in [7, 11) is 1.29. The molecule has 2 rings (SSSR count). The smallest absolute Gasteiger partial charge is 0.382 e. The molecule has 0 aliphatic rings. The van der Waals surface area contributed by atoms with Crippen molar-refractivity contribution in [2.24, 2.45) is 0 Å². The van der Waals surface area contributed by atoms with E-state index >= 15 is 0 Å². The molecule has 1 heterocycles. The van der Waals surface area contributed by atoms with Crippen LogP contribution in [0, 0.1) is 0 Å². The van der Waals surface area contributed by atoms with Crippen LogP contribution in [-0.4, -0.2) is 17.3 Å². The van der Waals surface area contributed by atoms with E-state index in [1.54, 1.807) is 0 Å². The number of benzene rings is 1. The summed E-state index contributed by atoms with van der Waals surface area (Å²) in [6, 6.07) is 4.43. The summed E-state index contributed by atoms with van der Waals surface area (Å²) in [5, 5.41) is 19.1. The van der Waals surface area contributed by atoms with Crippen LogP contribution in [0.3, 0.4) is 0 Å². The number of fused-ring (bicyclic) bond motifs is 1. The third kappa shape index (κ3) is 1.28. The molecule has 0 atom stereocenters. The second kappa shape index (κ2) is 3.20. The SMILES string of the molecule is COc1c(O)c(=O)oc2cccc(O)c12. The van der Waals surface area contributed by atoms with Gasteiger partial charge in [-0.25, -0.2) is 4.79 Å². The fourth-order valence-corrected chi connectivity index (χ4v) is 1.39. The van der Waals surface area contributed by atoms with Gasteiger partial charge in [-0.05, 0) is 12.1 Å². The molecule has 2 aromatic rings. The van der Waals surface area contributed by atoms with Crippen molar-refractivity contribution in [3.05, 3.63) is 28.6 Å². The Morgan fingerprint density at radius 2 is 2.07 bits per heavy atom. The van der Waals surface area contributed by atoms with Crippen molar-refractivity contribution in [2.75, 3.05) is 7.11 Å². The predicted molar refractivity (Wildman–Crippen MR) is 52.4 cm³/mol. The summed E-state index contributed by atoms with van der Waals surface area (Å²) >= 11 is 0. The number of methoxy groups -OCH3 is 1. The molecule has 1 aromatic carbocycles. The molecule has 0 saturated carbocycles. The number of phenolic OH excluding ortho intramolecular Hbond substituents is 1. The lowest BCUT2D eigenvalue weighted by Crippen LogP contribution is -2.01. The normalized spacial score (nSPS) is 10.5. The average Bonchev–Trinajstić information content (AvgIpc) is 2.21. The van der Waals surface area contributed by atoms with Gasteiger partial charge in [-0.15, -0.1) is 0 Å². The Bertz CT molecular complexity index is 570. The Balaban J connectivity index is 3.03. The van der Waals surface area contributed by atoms with Crippen LogP contribution in [0.2, 0.25) is 0 Å². The van der Waals surface area contributed by atoms with E-state index in [0.717, 1.165) is 0 Å². The maximum absolute atomic E-state index is 11.1. The minimum atomic E-state index is -0.898. The quantitative estimate of drug-likeness (QED) is 0.688. The summed E-state index contributed by atoms with van der Waals surface area (Å²) in [5.74, 6) is -0.853. The van der Waals surface area contributed by atoms with Crippen molar-refractivity contribution < 1.29 is 19.4 Å². The molecule has 78 valence electrons. The van der Waals surface area contributed by atoms with Gasteiger partial charge in [0.2, 0.25) is 5.75 Å². The number of ether oxygens (including phenoxy) is 1. The molecule has 0 spiro atoms. The molecule has 0 fully saturated rings. The lowest BCUT2D eigenvalue weighted by Gasteiger charge is -2.06. The lowest BCUT2D eigenvalue weighted by molar-refractivity contribution is 0.355. The Morgan fingerprint density at radius 3 is 2.73 bits per heavy atom. The topological polar surface area (TPSA) is 79.9 Å². The summed E-state index contributed by atoms with van der Waals surface area (Å²) < 4.78 is 9.62. The number of hydrogen-bond donors (Lipinski definition) is 2. The van der Waals surface area contributed by atoms with Gasteiger partial charge in [0.25, 0.3) is 0 Å². The van der Waals surface area contributed by atoms with Crippen LogP contribution in [0.15, 0.2) is 27.4 Å². The molecular weight excluding hydrogens is 200 g/mol. The molecule has 0 bridgehead atoms. The van der Waals surface area contributed by atoms with E-state index < -0.39 is 11.4 Å². The van der Waals surface area contributed by atoms with Gasteiger partial charge in [-0.3, -0.25) is 0 Å². The molecule has 0 aliphatic heterocycles. The molecule has 2 N–H and O–H groups in total. The molecular formula is C10H8O5. The molecule has 1 aromatic heterocycles. The van der Waals surface area contributed by atoms with E-state index in [0.29, 0.717) is 0 Å². The number of rotatable bonds is 1. The van der Waals surface area contributed by atoms with Gasteiger partial charge in [-0.1, -0.05) is 6.07 Å². The Kier molecular flexibility index (Phi) is 2.00. The lowest BCUT2D eigenvalue weighted by atomic mass is 10.2. The third-order valence-corrected chi connectivity index (χ3v) is 2.05. The first-order chi connectivity index (χ1) is 7.15. The van der Waals surface area contributed by atoms with Crippen LogP contribution in [0.5, 0.6) is 17.2 Å². The van der Waals surface area contributed by atoms with Gasteiger partial charge >= 0.3 is 5.63 Å². The molecule has 0 unspecified atom stereocenters. The van der Waals surface area contributed by atoms with E-state index in [-0.39, 0.29) is 22.5 Å². The fourth-order valence-electron chi connectivity index (χ4n) is 1.39. The van der Waals surface area contributed by atoms with Crippen molar-refractivity contribution in [3.8, 4) is 17.2 Å². The zero-order valence-electron chi connectivity index (χ0n) is 7.85. The van der Waals surface area contributed by atoms with E-state index in [9.17, 15) is 15.0 Å². The van der Waals surface area contributed by atoms with Gasteiger partial charge in [0, 0.05) is 0 Å². The zero-order valence-corrected chi connectivity index (χ0v) is 7.85. The molecule has 5 heteroatoms. The summed E-state index contributed by atoms with van der Waals surface area (Å²) in [6.45, 7) is 0. The summed E-state index contributed by atoms with van der Waals surface area (Å²) in [6.07, 6.45) is 0. The van der Waals surface area contributed by atoms with Gasteiger partial charge < -0.3 is 19.4 Å². The fraction of sp³-hybridized carbons (Fsp3) is 0.100. The Hall–Kier alpha value is -2.17. The Morgan fingerprint density at radius 1 is 1.33 bits per heavy atom. The van der Waals surface area contributed by atoms with E-state index in [1.165, 1.54) is 25.3 Å².